The van der Waals surface area contributed by atoms with Crippen molar-refractivity contribution in [2.24, 2.45) is 11.8 Å². The van der Waals surface area contributed by atoms with Gasteiger partial charge in [0.15, 0.2) is 11.4 Å². The number of carbonyl (C=O) groups excluding carboxylic acids is 2. The lowest BCUT2D eigenvalue weighted by Crippen LogP contribution is -2.53. The third-order valence-corrected chi connectivity index (χ3v) is 12.5. The van der Waals surface area contributed by atoms with Gasteiger partial charge in [-0.1, -0.05) is 35.3 Å². The van der Waals surface area contributed by atoms with Crippen LogP contribution in [0.2, 0.25) is 10.0 Å². The fourth-order valence-corrected chi connectivity index (χ4v) is 8.44. The molecule has 4 aromatic rings. The van der Waals surface area contributed by atoms with E-state index in [1.165, 1.54) is 12.7 Å². The van der Waals surface area contributed by atoms with Gasteiger partial charge in [0.2, 0.25) is 11.8 Å². The van der Waals surface area contributed by atoms with Crippen LogP contribution in [0.3, 0.4) is 0 Å². The Morgan fingerprint density at radius 3 is 1.59 bits per heavy atom. The number of hydrogen-bond donors (Lipinski definition) is 2. The smallest absolute Gasteiger partial charge is 0.410 e. The van der Waals surface area contributed by atoms with Gasteiger partial charge in [0, 0.05) is 24.9 Å². The number of anilines is 4. The molecule has 18 nitrogen and oxygen atoms in total. The number of rotatable bonds is 9. The third-order valence-electron chi connectivity index (χ3n) is 11.9. The van der Waals surface area contributed by atoms with E-state index in [9.17, 15) is 9.59 Å². The molecule has 20 heteroatoms. The van der Waals surface area contributed by atoms with Gasteiger partial charge in [-0.25, -0.2) is 39.2 Å². The van der Waals surface area contributed by atoms with Gasteiger partial charge in [-0.3, -0.25) is 0 Å². The highest BCUT2D eigenvalue weighted by molar-refractivity contribution is 6.34. The topological polar surface area (TPSA) is 180 Å². The van der Waals surface area contributed by atoms with Crippen molar-refractivity contribution in [3.63, 3.8) is 0 Å². The third kappa shape index (κ3) is 10.6. The quantitative estimate of drug-likeness (QED) is 0.152. The Morgan fingerprint density at radius 2 is 1.20 bits per heavy atom. The molecule has 6 atom stereocenters. The monoisotopic (exact) mass is 940 g/mol. The van der Waals surface area contributed by atoms with Crippen molar-refractivity contribution in [2.75, 3.05) is 50.0 Å². The van der Waals surface area contributed by atoms with Crippen LogP contribution in [0.15, 0.2) is 49.1 Å². The molecule has 2 N–H and O–H groups in total. The molecule has 4 saturated heterocycles. The summed E-state index contributed by atoms with van der Waals surface area (Å²) in [7, 11) is 0. The first kappa shape index (κ1) is 46.4. The van der Waals surface area contributed by atoms with Gasteiger partial charge in [0.25, 0.3) is 0 Å². The van der Waals surface area contributed by atoms with Crippen molar-refractivity contribution >= 4 is 69.8 Å². The molecule has 4 bridgehead atoms. The van der Waals surface area contributed by atoms with Gasteiger partial charge in [0.05, 0.1) is 72.0 Å². The fourth-order valence-electron chi connectivity index (χ4n) is 8.00. The maximum atomic E-state index is 12.5. The normalized spacial score (nSPS) is 23.3. The van der Waals surface area contributed by atoms with Gasteiger partial charge < -0.3 is 48.9 Å². The molecule has 5 aliphatic rings. The average Bonchev–Trinajstić information content (AvgIpc) is 3.91. The number of carbonyl (C=O) groups is 2. The van der Waals surface area contributed by atoms with Crippen molar-refractivity contribution < 1.29 is 38.0 Å². The summed E-state index contributed by atoms with van der Waals surface area (Å²) in [5.41, 5.74) is 2.79. The second-order valence-electron chi connectivity index (χ2n) is 18.1. The second-order valence-corrected chi connectivity index (χ2v) is 19.0. The van der Waals surface area contributed by atoms with E-state index in [4.69, 9.17) is 64.8 Å². The van der Waals surface area contributed by atoms with Crippen LogP contribution in [0.1, 0.15) is 51.7 Å². The van der Waals surface area contributed by atoms with Gasteiger partial charge in [-0.2, -0.15) is 0 Å². The van der Waals surface area contributed by atoms with E-state index < -0.39 is 5.60 Å². The van der Waals surface area contributed by atoms with E-state index in [1.807, 2.05) is 41.5 Å². The first-order valence-corrected chi connectivity index (χ1v) is 22.3. The van der Waals surface area contributed by atoms with Crippen LogP contribution in [0.4, 0.5) is 44.0 Å². The van der Waals surface area contributed by atoms with Gasteiger partial charge in [0.1, 0.15) is 59.9 Å². The van der Waals surface area contributed by atoms with E-state index in [2.05, 4.69) is 40.3 Å². The maximum Gasteiger partial charge on any atom is 0.410 e. The van der Waals surface area contributed by atoms with Crippen LogP contribution < -0.4 is 20.1 Å². The number of likely N-dealkylation sites (tertiary alicyclic amines) is 2. The lowest BCUT2D eigenvalue weighted by Gasteiger charge is -2.36. The van der Waals surface area contributed by atoms with Crippen molar-refractivity contribution in [1.29, 1.82) is 0 Å². The zero-order valence-electron chi connectivity index (χ0n) is 37.3. The highest BCUT2D eigenvalue weighted by Crippen LogP contribution is 2.41. The van der Waals surface area contributed by atoms with E-state index >= 15 is 0 Å². The highest BCUT2D eigenvalue weighted by Gasteiger charge is 2.50. The zero-order valence-corrected chi connectivity index (χ0v) is 38.9. The molecule has 66 heavy (non-hydrogen) atoms. The first-order valence-electron chi connectivity index (χ1n) is 21.5. The molecule has 2 amide bonds. The Hall–Kier alpha value is -6.18. The lowest BCUT2D eigenvalue weighted by atomic mass is 9.96. The highest BCUT2D eigenvalue weighted by atomic mass is 35.5. The number of nitrogens with zero attached hydrogens (tertiary/aromatic N) is 8. The van der Waals surface area contributed by atoms with Crippen molar-refractivity contribution in [2.45, 2.75) is 90.0 Å². The summed E-state index contributed by atoms with van der Waals surface area (Å²) in [6.07, 6.45) is 3.11. The van der Waals surface area contributed by atoms with E-state index in [-0.39, 0.29) is 54.0 Å². The minimum Gasteiger partial charge on any atom is -0.471 e. The summed E-state index contributed by atoms with van der Waals surface area (Å²) in [5, 5.41) is 7.22. The Kier molecular flexibility index (Phi) is 13.3. The zero-order chi connectivity index (χ0) is 46.9. The Labute approximate surface area is 392 Å². The predicted octanol–water partition coefficient (Wildman–Crippen LogP) is 9.25. The van der Waals surface area contributed by atoms with Gasteiger partial charge in [-0.15, -0.1) is 0 Å². The van der Waals surface area contributed by atoms with Crippen LogP contribution >= 0.6 is 23.2 Å². The average molecular weight is 942 g/mol. The second kappa shape index (κ2) is 19.0. The van der Waals surface area contributed by atoms with Gasteiger partial charge in [-0.05, 0) is 78.6 Å². The van der Waals surface area contributed by atoms with Crippen molar-refractivity contribution in [1.82, 2.24) is 29.7 Å². The number of fused-ring (bicyclic) bond motifs is 4. The molecular formula is C46H50Cl2N10O8. The molecule has 9 rings (SSSR count). The summed E-state index contributed by atoms with van der Waals surface area (Å²) in [6.45, 7) is 28.3. The Bertz CT molecular complexity index is 2390. The maximum absolute atomic E-state index is 12.5. The minimum atomic E-state index is -0.551. The molecular weight excluding hydrogens is 891 g/mol. The molecule has 2 aromatic carbocycles. The molecule has 346 valence electrons. The fraction of sp³-hybridized carbons (Fsp3) is 0.478. The van der Waals surface area contributed by atoms with E-state index in [1.54, 1.807) is 46.2 Å². The number of benzene rings is 2. The molecule has 6 unspecified atom stereocenters. The summed E-state index contributed by atoms with van der Waals surface area (Å²) in [4.78, 5) is 52.5. The van der Waals surface area contributed by atoms with E-state index in [0.717, 1.165) is 24.0 Å². The predicted molar refractivity (Wildman–Crippen MR) is 244 cm³/mol. The van der Waals surface area contributed by atoms with Crippen molar-refractivity contribution in [3.8, 4) is 11.8 Å². The molecule has 1 saturated carbocycles. The first-order chi connectivity index (χ1) is 31.5. The number of aromatic nitrogens is 4. The summed E-state index contributed by atoms with van der Waals surface area (Å²) in [6, 6.07) is 10.0. The summed E-state index contributed by atoms with van der Waals surface area (Å²) >= 11 is 12.6. The standard InChI is InChI=1S/C23H24ClN5O4.C23H26ClN5O4/c1-13-20(28-17-5-4-15(25-3)8-16(17)24)26-12-27-21(13)32-19-14-9-29(10-18(19)31-11-14)22(30)33-23(2)6-7-23;1-13-20(28-17-7-6-15(25-5)8-16(17)24)26-12-27-21(13)32-19-14-9-29(10-18(19)31-11-14)22(30)33-23(2,3)4/h4-5,8,12,14,18-19H,6-7,9-11H2,1-2H3,(H,26,27,28);6-8,12,14,18-19H,9-11H2,1-4H3,(H,26,27,28). The lowest BCUT2D eigenvalue weighted by molar-refractivity contribution is -0.0187. The largest absolute Gasteiger partial charge is 0.471 e. The number of halogens is 2. The Morgan fingerprint density at radius 1 is 0.742 bits per heavy atom. The minimum absolute atomic E-state index is 0.0117. The van der Waals surface area contributed by atoms with Crippen LogP contribution in [-0.2, 0) is 18.9 Å². The van der Waals surface area contributed by atoms with Crippen LogP contribution in [0.25, 0.3) is 9.69 Å². The number of amides is 2. The number of nitrogens with one attached hydrogen (secondary N) is 2. The van der Waals surface area contributed by atoms with Gasteiger partial charge >= 0.3 is 12.2 Å². The van der Waals surface area contributed by atoms with E-state index in [0.29, 0.717) is 95.6 Å². The SMILES string of the molecule is [C-]#[N+]c1ccc(Nc2ncnc(OC3C4COC3CN(C(=O)OC(C)(C)C)C4)c2C)c(Cl)c1.[C-]#[N+]c1ccc(Nc2ncnc(OC3C4COC3CN(C(=O)OC3(C)CC3)C4)c2C)c(Cl)c1. The molecule has 6 heterocycles. The summed E-state index contributed by atoms with van der Waals surface area (Å²) in [5.74, 6) is 2.05. The van der Waals surface area contributed by atoms with Crippen molar-refractivity contribution in [3.05, 3.63) is 93.1 Å². The molecule has 1 aliphatic carbocycles. The van der Waals surface area contributed by atoms with Crippen LogP contribution in [-0.4, -0.2) is 117 Å². The summed E-state index contributed by atoms with van der Waals surface area (Å²) < 4.78 is 35.5. The Balaban J connectivity index is 0.000000179. The molecule has 4 aliphatic heterocycles. The number of hydrogen-bond acceptors (Lipinski definition) is 14. The van der Waals surface area contributed by atoms with Crippen LogP contribution in [0.5, 0.6) is 11.8 Å². The number of piperidine rings is 2. The van der Waals surface area contributed by atoms with Crippen LogP contribution in [0, 0.1) is 38.8 Å². The molecule has 5 fully saturated rings. The molecule has 0 spiro atoms. The molecule has 2 aromatic heterocycles. The molecule has 0 radical (unpaired) electrons. The number of ether oxygens (including phenoxy) is 6.